The van der Waals surface area contributed by atoms with Crippen LogP contribution in [0, 0.1) is 13.8 Å². The summed E-state index contributed by atoms with van der Waals surface area (Å²) in [5.74, 6) is 0. The second kappa shape index (κ2) is 6.32. The van der Waals surface area contributed by atoms with Crippen LogP contribution in [0.4, 0.5) is 0 Å². The SMILES string of the molecule is Cc1cc(C(N)Cc2ccn(C3CCCCC3)n2)sc1C. The van der Waals surface area contributed by atoms with Gasteiger partial charge in [-0.15, -0.1) is 11.3 Å². The molecule has 114 valence electrons. The van der Waals surface area contributed by atoms with Gasteiger partial charge >= 0.3 is 0 Å². The second-order valence-electron chi connectivity index (χ2n) is 6.28. The van der Waals surface area contributed by atoms with Crippen molar-refractivity contribution in [3.8, 4) is 0 Å². The van der Waals surface area contributed by atoms with Gasteiger partial charge in [-0.05, 0) is 44.4 Å². The van der Waals surface area contributed by atoms with Gasteiger partial charge in [-0.1, -0.05) is 19.3 Å². The molecule has 1 aliphatic rings. The summed E-state index contributed by atoms with van der Waals surface area (Å²) >= 11 is 1.82. The number of aryl methyl sites for hydroxylation is 2. The van der Waals surface area contributed by atoms with Gasteiger partial charge in [0, 0.05) is 28.4 Å². The monoisotopic (exact) mass is 303 g/mol. The molecule has 21 heavy (non-hydrogen) atoms. The molecule has 0 amide bonds. The first-order valence-electron chi connectivity index (χ1n) is 8.00. The molecule has 2 heterocycles. The van der Waals surface area contributed by atoms with E-state index in [1.807, 2.05) is 11.3 Å². The number of hydrogen-bond acceptors (Lipinski definition) is 3. The van der Waals surface area contributed by atoms with Crippen molar-refractivity contribution in [2.45, 2.75) is 64.5 Å². The average Bonchev–Trinajstić information content (AvgIpc) is 3.08. The third-order valence-corrected chi connectivity index (χ3v) is 5.88. The van der Waals surface area contributed by atoms with Crippen LogP contribution >= 0.6 is 11.3 Å². The first-order valence-corrected chi connectivity index (χ1v) is 8.81. The number of aromatic nitrogens is 2. The van der Waals surface area contributed by atoms with Crippen LogP contribution in [-0.4, -0.2) is 9.78 Å². The number of hydrogen-bond donors (Lipinski definition) is 1. The lowest BCUT2D eigenvalue weighted by molar-refractivity contribution is 0.328. The van der Waals surface area contributed by atoms with E-state index in [2.05, 4.69) is 36.9 Å². The predicted octanol–water partition coefficient (Wildman–Crippen LogP) is 4.31. The third kappa shape index (κ3) is 3.38. The summed E-state index contributed by atoms with van der Waals surface area (Å²) in [6.07, 6.45) is 9.59. The van der Waals surface area contributed by atoms with Crippen molar-refractivity contribution < 1.29 is 0 Å². The Labute approximate surface area is 131 Å². The fraction of sp³-hybridized carbons (Fsp3) is 0.588. The summed E-state index contributed by atoms with van der Waals surface area (Å²) < 4.78 is 2.17. The Balaban J connectivity index is 1.66. The topological polar surface area (TPSA) is 43.8 Å². The van der Waals surface area contributed by atoms with Crippen molar-refractivity contribution in [2.24, 2.45) is 5.73 Å². The smallest absolute Gasteiger partial charge is 0.0643 e. The lowest BCUT2D eigenvalue weighted by Gasteiger charge is -2.21. The van der Waals surface area contributed by atoms with Crippen LogP contribution in [0.15, 0.2) is 18.3 Å². The molecule has 2 N–H and O–H groups in total. The standard InChI is InChI=1S/C17H25N3S/c1-12-10-17(21-13(12)2)16(18)11-14-8-9-20(19-14)15-6-4-3-5-7-15/h8-10,15-16H,3-7,11,18H2,1-2H3. The predicted molar refractivity (Wildman–Crippen MR) is 88.8 cm³/mol. The highest BCUT2D eigenvalue weighted by Gasteiger charge is 2.17. The molecule has 0 spiro atoms. The molecule has 1 aliphatic carbocycles. The lowest BCUT2D eigenvalue weighted by Crippen LogP contribution is -2.15. The van der Waals surface area contributed by atoms with E-state index in [-0.39, 0.29) is 6.04 Å². The molecule has 0 radical (unpaired) electrons. The maximum Gasteiger partial charge on any atom is 0.0643 e. The summed E-state index contributed by atoms with van der Waals surface area (Å²) in [6.45, 7) is 4.31. The fourth-order valence-electron chi connectivity index (χ4n) is 3.15. The van der Waals surface area contributed by atoms with Gasteiger partial charge in [0.25, 0.3) is 0 Å². The minimum Gasteiger partial charge on any atom is -0.323 e. The Bertz CT molecular complexity index is 573. The molecular weight excluding hydrogens is 278 g/mol. The van der Waals surface area contributed by atoms with Gasteiger partial charge in [0.2, 0.25) is 0 Å². The number of thiophene rings is 1. The van der Waals surface area contributed by atoms with Crippen LogP contribution in [0.5, 0.6) is 0 Å². The van der Waals surface area contributed by atoms with Crippen LogP contribution in [0.25, 0.3) is 0 Å². The highest BCUT2D eigenvalue weighted by Crippen LogP contribution is 2.29. The Kier molecular flexibility index (Phi) is 4.45. The molecule has 3 rings (SSSR count). The van der Waals surface area contributed by atoms with Crippen molar-refractivity contribution in [1.29, 1.82) is 0 Å². The largest absolute Gasteiger partial charge is 0.323 e. The van der Waals surface area contributed by atoms with Gasteiger partial charge in [0.15, 0.2) is 0 Å². The van der Waals surface area contributed by atoms with Gasteiger partial charge in [0.1, 0.15) is 0 Å². The third-order valence-electron chi connectivity index (χ3n) is 4.59. The molecule has 3 nitrogen and oxygen atoms in total. The zero-order valence-corrected chi connectivity index (χ0v) is 13.8. The maximum atomic E-state index is 6.36. The summed E-state index contributed by atoms with van der Waals surface area (Å²) in [7, 11) is 0. The summed E-state index contributed by atoms with van der Waals surface area (Å²) in [5.41, 5.74) is 8.83. The van der Waals surface area contributed by atoms with Crippen molar-refractivity contribution in [3.63, 3.8) is 0 Å². The quantitative estimate of drug-likeness (QED) is 0.914. The Hall–Kier alpha value is -1.13. The van der Waals surface area contributed by atoms with E-state index < -0.39 is 0 Å². The maximum absolute atomic E-state index is 6.36. The number of nitrogens with two attached hydrogens (primary N) is 1. The Morgan fingerprint density at radius 3 is 2.76 bits per heavy atom. The molecule has 0 bridgehead atoms. The van der Waals surface area contributed by atoms with Gasteiger partial charge < -0.3 is 5.73 Å². The van der Waals surface area contributed by atoms with Crippen LogP contribution in [-0.2, 0) is 6.42 Å². The van der Waals surface area contributed by atoms with Crippen molar-refractivity contribution in [2.75, 3.05) is 0 Å². The average molecular weight is 303 g/mol. The zero-order chi connectivity index (χ0) is 14.8. The first kappa shape index (κ1) is 14.8. The molecule has 1 fully saturated rings. The van der Waals surface area contributed by atoms with E-state index in [4.69, 9.17) is 10.8 Å². The zero-order valence-electron chi connectivity index (χ0n) is 13.0. The van der Waals surface area contributed by atoms with Crippen molar-refractivity contribution in [1.82, 2.24) is 9.78 Å². The first-order chi connectivity index (χ1) is 10.1. The molecule has 2 aromatic rings. The molecule has 0 saturated heterocycles. The normalized spacial score (nSPS) is 18.0. The molecule has 1 unspecified atom stereocenters. The van der Waals surface area contributed by atoms with Crippen LogP contribution in [0.2, 0.25) is 0 Å². The van der Waals surface area contributed by atoms with Crippen molar-refractivity contribution >= 4 is 11.3 Å². The van der Waals surface area contributed by atoms with E-state index in [0.717, 1.165) is 12.1 Å². The summed E-state index contributed by atoms with van der Waals surface area (Å²) in [5, 5.41) is 4.77. The lowest BCUT2D eigenvalue weighted by atomic mass is 9.96. The van der Waals surface area contributed by atoms with E-state index in [9.17, 15) is 0 Å². The van der Waals surface area contributed by atoms with Gasteiger partial charge in [-0.3, -0.25) is 4.68 Å². The van der Waals surface area contributed by atoms with Gasteiger partial charge in [-0.25, -0.2) is 0 Å². The van der Waals surface area contributed by atoms with E-state index in [1.165, 1.54) is 47.4 Å². The molecule has 0 aromatic carbocycles. The minimum absolute atomic E-state index is 0.0668. The minimum atomic E-state index is 0.0668. The summed E-state index contributed by atoms with van der Waals surface area (Å²) in [4.78, 5) is 2.64. The number of rotatable bonds is 4. The van der Waals surface area contributed by atoms with E-state index >= 15 is 0 Å². The molecular formula is C17H25N3S. The Morgan fingerprint density at radius 2 is 2.10 bits per heavy atom. The number of nitrogens with zero attached hydrogens (tertiary/aromatic N) is 2. The molecule has 1 saturated carbocycles. The van der Waals surface area contributed by atoms with Crippen LogP contribution in [0.1, 0.15) is 65.2 Å². The Morgan fingerprint density at radius 1 is 1.33 bits per heavy atom. The highest BCUT2D eigenvalue weighted by atomic mass is 32.1. The summed E-state index contributed by atoms with van der Waals surface area (Å²) in [6, 6.07) is 5.04. The van der Waals surface area contributed by atoms with Gasteiger partial charge in [-0.2, -0.15) is 5.10 Å². The van der Waals surface area contributed by atoms with Crippen molar-refractivity contribution in [3.05, 3.63) is 39.3 Å². The van der Waals surface area contributed by atoms with E-state index in [1.54, 1.807) is 0 Å². The molecule has 1 atom stereocenters. The molecule has 4 heteroatoms. The van der Waals surface area contributed by atoms with Gasteiger partial charge in [0.05, 0.1) is 11.7 Å². The molecule has 0 aliphatic heterocycles. The molecule has 2 aromatic heterocycles. The highest BCUT2D eigenvalue weighted by molar-refractivity contribution is 7.12. The van der Waals surface area contributed by atoms with Crippen LogP contribution in [0.3, 0.4) is 0 Å². The second-order valence-corrected chi connectivity index (χ2v) is 7.57. The van der Waals surface area contributed by atoms with Crippen LogP contribution < -0.4 is 5.73 Å². The van der Waals surface area contributed by atoms with E-state index in [0.29, 0.717) is 6.04 Å². The fourth-order valence-corrected chi connectivity index (χ4v) is 4.19.